The van der Waals surface area contributed by atoms with Gasteiger partial charge in [-0.25, -0.2) is 0 Å². The third-order valence-corrected chi connectivity index (χ3v) is 3.87. The molecule has 0 fully saturated rings. The number of H-pyrrole nitrogens is 1. The van der Waals surface area contributed by atoms with Crippen LogP contribution in [0.1, 0.15) is 49.4 Å². The summed E-state index contributed by atoms with van der Waals surface area (Å²) in [4.78, 5) is 39.5. The second-order valence-electron chi connectivity index (χ2n) is 5.73. The molecule has 0 spiro atoms. The molecule has 0 unspecified atom stereocenters. The predicted octanol–water partition coefficient (Wildman–Crippen LogP) is 2.20. The quantitative estimate of drug-likeness (QED) is 0.576. The van der Waals surface area contributed by atoms with Crippen LogP contribution in [0.5, 0.6) is 0 Å². The summed E-state index contributed by atoms with van der Waals surface area (Å²) in [6.45, 7) is 5.60. The molecule has 1 aromatic carbocycles. The van der Waals surface area contributed by atoms with Crippen LogP contribution >= 0.6 is 12.4 Å². The summed E-state index contributed by atoms with van der Waals surface area (Å²) < 4.78 is 0. The second kappa shape index (κ2) is 9.17. The number of hydrogen-bond acceptors (Lipinski definition) is 4. The van der Waals surface area contributed by atoms with Crippen LogP contribution in [-0.4, -0.2) is 35.7 Å². The minimum absolute atomic E-state index is 0. The Morgan fingerprint density at radius 1 is 1.12 bits per heavy atom. The van der Waals surface area contributed by atoms with E-state index in [9.17, 15) is 14.4 Å². The largest absolute Gasteiger partial charge is 0.354 e. The molecule has 0 aliphatic carbocycles. The van der Waals surface area contributed by atoms with Gasteiger partial charge in [-0.05, 0) is 38.5 Å². The number of ketones is 1. The van der Waals surface area contributed by atoms with E-state index in [1.54, 1.807) is 38.1 Å². The number of halogens is 1. The first-order valence-electron chi connectivity index (χ1n) is 7.95. The van der Waals surface area contributed by atoms with Crippen molar-refractivity contribution in [3.05, 3.63) is 52.3 Å². The first-order chi connectivity index (χ1) is 11.9. The fourth-order valence-corrected chi connectivity index (χ4v) is 2.76. The number of benzene rings is 1. The Balaban J connectivity index is 0.00000338. The van der Waals surface area contributed by atoms with Gasteiger partial charge in [0.05, 0.1) is 11.3 Å². The molecule has 8 heteroatoms. The highest BCUT2D eigenvalue weighted by Gasteiger charge is 2.21. The maximum Gasteiger partial charge on any atom is 0.272 e. The molecule has 5 N–H and O–H groups in total. The van der Waals surface area contributed by atoms with Gasteiger partial charge < -0.3 is 21.4 Å². The maximum absolute atomic E-state index is 12.6. The monoisotopic (exact) mass is 378 g/mol. The van der Waals surface area contributed by atoms with Crippen LogP contribution in [-0.2, 0) is 0 Å². The van der Waals surface area contributed by atoms with Crippen molar-refractivity contribution in [1.82, 2.24) is 10.3 Å². The molecule has 0 atom stereocenters. The number of para-hydroxylation sites is 1. The average molecular weight is 379 g/mol. The molecule has 0 bridgehead atoms. The fraction of sp³-hybridized carbons (Fsp3) is 0.278. The van der Waals surface area contributed by atoms with Gasteiger partial charge >= 0.3 is 0 Å². The summed E-state index contributed by atoms with van der Waals surface area (Å²) in [5.74, 6) is -0.829. The number of aromatic amines is 1. The number of nitrogens with one attached hydrogen (secondary N) is 3. The van der Waals surface area contributed by atoms with Crippen LogP contribution in [0.2, 0.25) is 0 Å². The Labute approximate surface area is 158 Å². The van der Waals surface area contributed by atoms with Crippen LogP contribution in [0, 0.1) is 13.8 Å². The molecule has 7 nitrogen and oxygen atoms in total. The maximum atomic E-state index is 12.6. The summed E-state index contributed by atoms with van der Waals surface area (Å²) >= 11 is 0. The van der Waals surface area contributed by atoms with Gasteiger partial charge in [-0.1, -0.05) is 12.1 Å². The number of anilines is 1. The Morgan fingerprint density at radius 2 is 1.77 bits per heavy atom. The predicted molar refractivity (Wildman–Crippen MR) is 103 cm³/mol. The zero-order valence-corrected chi connectivity index (χ0v) is 15.8. The molecule has 140 valence electrons. The second-order valence-corrected chi connectivity index (χ2v) is 5.73. The van der Waals surface area contributed by atoms with E-state index in [-0.39, 0.29) is 24.1 Å². The van der Waals surface area contributed by atoms with E-state index in [2.05, 4.69) is 15.6 Å². The van der Waals surface area contributed by atoms with E-state index in [4.69, 9.17) is 5.73 Å². The lowest BCUT2D eigenvalue weighted by molar-refractivity contribution is 0.0954. The molecule has 0 aliphatic heterocycles. The lowest BCUT2D eigenvalue weighted by Gasteiger charge is -2.11. The highest BCUT2D eigenvalue weighted by atomic mass is 35.5. The van der Waals surface area contributed by atoms with Crippen molar-refractivity contribution in [3.63, 3.8) is 0 Å². The Kier molecular flexibility index (Phi) is 7.55. The number of nitrogens with two attached hydrogens (primary N) is 1. The normalized spacial score (nSPS) is 10.0. The van der Waals surface area contributed by atoms with Crippen molar-refractivity contribution in [2.75, 3.05) is 18.4 Å². The number of amides is 2. The van der Waals surface area contributed by atoms with Crippen LogP contribution in [0.25, 0.3) is 0 Å². The van der Waals surface area contributed by atoms with Gasteiger partial charge in [-0.3, -0.25) is 14.4 Å². The minimum atomic E-state index is -0.410. The van der Waals surface area contributed by atoms with E-state index in [1.807, 2.05) is 0 Å². The van der Waals surface area contributed by atoms with E-state index in [1.165, 1.54) is 6.92 Å². The highest BCUT2D eigenvalue weighted by molar-refractivity contribution is 6.10. The lowest BCUT2D eigenvalue weighted by Crippen LogP contribution is -2.30. The molecule has 2 amide bonds. The highest BCUT2D eigenvalue weighted by Crippen LogP contribution is 2.21. The number of aromatic nitrogens is 1. The SMILES string of the molecule is CC(=O)c1c(C)[nH]c(C(=O)Nc2ccccc2C(=O)NCCN)c1C.Cl. The molecule has 0 radical (unpaired) electrons. The first kappa shape index (κ1) is 21.4. The number of carbonyl (C=O) groups excluding carboxylic acids is 3. The van der Waals surface area contributed by atoms with Gasteiger partial charge in [0.15, 0.2) is 5.78 Å². The lowest BCUT2D eigenvalue weighted by atomic mass is 10.1. The van der Waals surface area contributed by atoms with E-state index in [0.717, 1.165) is 0 Å². The Bertz CT molecular complexity index is 830. The third-order valence-electron chi connectivity index (χ3n) is 3.87. The summed E-state index contributed by atoms with van der Waals surface area (Å²) in [5.41, 5.74) is 8.17. The van der Waals surface area contributed by atoms with Crippen LogP contribution in [0.3, 0.4) is 0 Å². The van der Waals surface area contributed by atoms with Gasteiger partial charge in [0.1, 0.15) is 5.69 Å². The van der Waals surface area contributed by atoms with E-state index >= 15 is 0 Å². The summed E-state index contributed by atoms with van der Waals surface area (Å²) in [6.07, 6.45) is 0. The third kappa shape index (κ3) is 4.50. The fourth-order valence-electron chi connectivity index (χ4n) is 2.76. The number of aryl methyl sites for hydroxylation is 1. The van der Waals surface area contributed by atoms with Crippen molar-refractivity contribution >= 4 is 35.7 Å². The molecule has 2 aromatic rings. The van der Waals surface area contributed by atoms with Crippen molar-refractivity contribution in [3.8, 4) is 0 Å². The molecule has 1 aromatic heterocycles. The number of Topliss-reactive ketones (excluding diaryl/α,β-unsaturated/α-hetero) is 1. The topological polar surface area (TPSA) is 117 Å². The summed E-state index contributed by atoms with van der Waals surface area (Å²) in [6, 6.07) is 6.70. The number of hydrogen-bond donors (Lipinski definition) is 4. The van der Waals surface area contributed by atoms with Crippen molar-refractivity contribution < 1.29 is 14.4 Å². The zero-order valence-electron chi connectivity index (χ0n) is 14.9. The van der Waals surface area contributed by atoms with Crippen LogP contribution in [0.15, 0.2) is 24.3 Å². The molecule has 1 heterocycles. The zero-order chi connectivity index (χ0) is 18.6. The molecular formula is C18H23ClN4O3. The van der Waals surface area contributed by atoms with Crippen LogP contribution < -0.4 is 16.4 Å². The minimum Gasteiger partial charge on any atom is -0.354 e. The van der Waals surface area contributed by atoms with E-state index in [0.29, 0.717) is 46.9 Å². The Hall–Kier alpha value is -2.64. The first-order valence-corrected chi connectivity index (χ1v) is 7.95. The van der Waals surface area contributed by atoms with Crippen molar-refractivity contribution in [2.24, 2.45) is 5.73 Å². The van der Waals surface area contributed by atoms with Crippen molar-refractivity contribution in [2.45, 2.75) is 20.8 Å². The smallest absolute Gasteiger partial charge is 0.272 e. The van der Waals surface area contributed by atoms with Gasteiger partial charge in [0.25, 0.3) is 11.8 Å². The molecular weight excluding hydrogens is 356 g/mol. The molecule has 26 heavy (non-hydrogen) atoms. The van der Waals surface area contributed by atoms with Crippen molar-refractivity contribution in [1.29, 1.82) is 0 Å². The molecule has 0 aliphatic rings. The Morgan fingerprint density at radius 3 is 2.35 bits per heavy atom. The number of carbonyl (C=O) groups is 3. The molecule has 0 saturated carbocycles. The van der Waals surface area contributed by atoms with Crippen LogP contribution in [0.4, 0.5) is 5.69 Å². The van der Waals surface area contributed by atoms with Gasteiger partial charge in [0, 0.05) is 24.3 Å². The van der Waals surface area contributed by atoms with Gasteiger partial charge in [-0.15, -0.1) is 12.4 Å². The number of rotatable bonds is 6. The van der Waals surface area contributed by atoms with Gasteiger partial charge in [0.2, 0.25) is 0 Å². The summed E-state index contributed by atoms with van der Waals surface area (Å²) in [7, 11) is 0. The standard InChI is InChI=1S/C18H22N4O3.ClH/c1-10-15(12(3)23)11(2)21-16(10)18(25)22-14-7-5-4-6-13(14)17(24)20-9-8-19;/h4-7,21H,8-9,19H2,1-3H3,(H,20,24)(H,22,25);1H. The average Bonchev–Trinajstić information content (AvgIpc) is 2.87. The van der Waals surface area contributed by atoms with Gasteiger partial charge in [-0.2, -0.15) is 0 Å². The molecule has 0 saturated heterocycles. The van der Waals surface area contributed by atoms with E-state index < -0.39 is 5.91 Å². The summed E-state index contributed by atoms with van der Waals surface area (Å²) in [5, 5.41) is 5.40. The molecule has 2 rings (SSSR count).